The van der Waals surface area contributed by atoms with Crippen LogP contribution in [0, 0.1) is 12.7 Å². The van der Waals surface area contributed by atoms with E-state index in [1.807, 2.05) is 0 Å². The Morgan fingerprint density at radius 3 is 2.79 bits per heavy atom. The van der Waals surface area contributed by atoms with Crippen molar-refractivity contribution in [3.63, 3.8) is 0 Å². The monoisotopic (exact) mass is 280 g/mol. The first-order valence-electron chi connectivity index (χ1n) is 5.25. The zero-order chi connectivity index (χ0) is 14.0. The fourth-order valence-corrected chi connectivity index (χ4v) is 2.30. The third kappa shape index (κ3) is 2.76. The Balaban J connectivity index is 2.27. The van der Waals surface area contributed by atoms with E-state index in [0.29, 0.717) is 5.69 Å². The largest absolute Gasteiger partial charge is 0.478 e. The summed E-state index contributed by atoms with van der Waals surface area (Å²) in [4.78, 5) is 22.9. The van der Waals surface area contributed by atoms with Crippen molar-refractivity contribution in [1.29, 1.82) is 0 Å². The van der Waals surface area contributed by atoms with Gasteiger partial charge in [-0.3, -0.25) is 4.79 Å². The van der Waals surface area contributed by atoms with E-state index in [1.54, 1.807) is 0 Å². The maximum atomic E-state index is 13.0. The number of carboxylic acid groups (broad SMARTS) is 1. The van der Waals surface area contributed by atoms with E-state index in [2.05, 4.69) is 9.69 Å². The molecule has 7 heteroatoms. The molecule has 0 radical (unpaired) electrons. The third-order valence-electron chi connectivity index (χ3n) is 2.39. The molecule has 0 aliphatic heterocycles. The fourth-order valence-electron chi connectivity index (χ4n) is 1.51. The van der Waals surface area contributed by atoms with Gasteiger partial charge in [0.05, 0.1) is 5.69 Å². The number of carbonyl (C=O) groups excluding carboxylic acids is 1. The molecule has 0 aliphatic carbocycles. The van der Waals surface area contributed by atoms with Crippen LogP contribution in [0.5, 0.6) is 0 Å². The van der Waals surface area contributed by atoms with Crippen LogP contribution < -0.4 is 5.32 Å². The molecule has 0 aliphatic rings. The van der Waals surface area contributed by atoms with E-state index >= 15 is 0 Å². The van der Waals surface area contributed by atoms with Crippen molar-refractivity contribution in [3.05, 3.63) is 46.9 Å². The second-order valence-corrected chi connectivity index (χ2v) is 4.52. The molecule has 0 saturated heterocycles. The van der Waals surface area contributed by atoms with Crippen molar-refractivity contribution in [2.24, 2.45) is 0 Å². The number of carbonyl (C=O) groups is 2. The van der Waals surface area contributed by atoms with Gasteiger partial charge in [-0.25, -0.2) is 9.18 Å². The van der Waals surface area contributed by atoms with Crippen molar-refractivity contribution in [3.8, 4) is 0 Å². The standard InChI is InChI=1S/C12H9FN2O3S/c1-6-9(12(17)18)11(19-15-6)14-10(16)7-3-2-4-8(13)5-7/h2-5H,1H3,(H,14,16)(H,17,18). The van der Waals surface area contributed by atoms with Crippen LogP contribution >= 0.6 is 11.5 Å². The smallest absolute Gasteiger partial charge is 0.340 e. The van der Waals surface area contributed by atoms with E-state index in [-0.39, 0.29) is 16.1 Å². The highest BCUT2D eigenvalue weighted by molar-refractivity contribution is 7.11. The minimum atomic E-state index is -1.17. The summed E-state index contributed by atoms with van der Waals surface area (Å²) >= 11 is 0.875. The molecule has 5 nitrogen and oxygen atoms in total. The van der Waals surface area contributed by atoms with Crippen LogP contribution in [0.4, 0.5) is 9.39 Å². The SMILES string of the molecule is Cc1nsc(NC(=O)c2cccc(F)c2)c1C(=O)O. The van der Waals surface area contributed by atoms with Gasteiger partial charge in [-0.15, -0.1) is 0 Å². The third-order valence-corrected chi connectivity index (χ3v) is 3.24. The second-order valence-electron chi connectivity index (χ2n) is 3.74. The van der Waals surface area contributed by atoms with E-state index in [4.69, 9.17) is 5.11 Å². The summed E-state index contributed by atoms with van der Waals surface area (Å²) in [5, 5.41) is 11.6. The Kier molecular flexibility index (Phi) is 3.57. The molecule has 1 heterocycles. The molecular formula is C12H9FN2O3S. The van der Waals surface area contributed by atoms with Gasteiger partial charge in [-0.05, 0) is 36.7 Å². The molecule has 0 bridgehead atoms. The summed E-state index contributed by atoms with van der Waals surface area (Å²) in [7, 11) is 0. The van der Waals surface area contributed by atoms with E-state index < -0.39 is 17.7 Å². The average Bonchev–Trinajstić information content (AvgIpc) is 2.70. The van der Waals surface area contributed by atoms with Crippen LogP contribution in [0.15, 0.2) is 24.3 Å². The number of hydrogen-bond acceptors (Lipinski definition) is 4. The molecule has 0 atom stereocenters. The first-order chi connectivity index (χ1) is 8.99. The van der Waals surface area contributed by atoms with Crippen molar-refractivity contribution in [2.75, 3.05) is 5.32 Å². The molecule has 1 amide bonds. The number of hydrogen-bond donors (Lipinski definition) is 2. The number of aromatic nitrogens is 1. The topological polar surface area (TPSA) is 79.3 Å². The number of halogens is 1. The molecule has 19 heavy (non-hydrogen) atoms. The molecule has 1 aromatic carbocycles. The van der Waals surface area contributed by atoms with Crippen molar-refractivity contribution in [2.45, 2.75) is 6.92 Å². The molecule has 2 N–H and O–H groups in total. The highest BCUT2D eigenvalue weighted by Gasteiger charge is 2.19. The van der Waals surface area contributed by atoms with Gasteiger partial charge >= 0.3 is 5.97 Å². The summed E-state index contributed by atoms with van der Waals surface area (Å²) in [6.45, 7) is 1.54. The number of aromatic carboxylic acids is 1. The summed E-state index contributed by atoms with van der Waals surface area (Å²) in [5.74, 6) is -2.28. The zero-order valence-electron chi connectivity index (χ0n) is 9.81. The van der Waals surface area contributed by atoms with Gasteiger partial charge in [0.15, 0.2) is 0 Å². The Bertz CT molecular complexity index is 654. The minimum Gasteiger partial charge on any atom is -0.478 e. The van der Waals surface area contributed by atoms with Gasteiger partial charge in [0, 0.05) is 5.56 Å². The highest BCUT2D eigenvalue weighted by atomic mass is 32.1. The van der Waals surface area contributed by atoms with E-state index in [1.165, 1.54) is 25.1 Å². The van der Waals surface area contributed by atoms with Crippen molar-refractivity contribution < 1.29 is 19.1 Å². The van der Waals surface area contributed by atoms with E-state index in [9.17, 15) is 14.0 Å². The lowest BCUT2D eigenvalue weighted by Gasteiger charge is -2.03. The van der Waals surface area contributed by atoms with Crippen LogP contribution in [0.1, 0.15) is 26.4 Å². The van der Waals surface area contributed by atoms with Crippen molar-refractivity contribution >= 4 is 28.4 Å². The summed E-state index contributed by atoms with van der Waals surface area (Å²) in [6, 6.07) is 5.13. The van der Waals surface area contributed by atoms with Crippen LogP contribution in [-0.4, -0.2) is 21.4 Å². The van der Waals surface area contributed by atoms with Crippen LogP contribution in [0.2, 0.25) is 0 Å². The molecule has 1 aromatic heterocycles. The predicted molar refractivity (Wildman–Crippen MR) is 68.2 cm³/mol. The molecule has 0 unspecified atom stereocenters. The van der Waals surface area contributed by atoms with Gasteiger partial charge in [0.25, 0.3) is 5.91 Å². The number of anilines is 1. The fraction of sp³-hybridized carbons (Fsp3) is 0.0833. The number of benzene rings is 1. The molecule has 0 fully saturated rings. The number of nitrogens with zero attached hydrogens (tertiary/aromatic N) is 1. The number of nitrogens with one attached hydrogen (secondary N) is 1. The number of carboxylic acids is 1. The molecule has 98 valence electrons. The lowest BCUT2D eigenvalue weighted by molar-refractivity contribution is 0.0697. The van der Waals surface area contributed by atoms with Crippen molar-refractivity contribution in [1.82, 2.24) is 4.37 Å². The quantitative estimate of drug-likeness (QED) is 0.905. The molecule has 0 spiro atoms. The maximum Gasteiger partial charge on any atom is 0.340 e. The van der Waals surface area contributed by atoms with Crippen LogP contribution in [0.25, 0.3) is 0 Å². The first kappa shape index (κ1) is 13.2. The lowest BCUT2D eigenvalue weighted by atomic mass is 10.2. The van der Waals surface area contributed by atoms with Gasteiger partial charge in [0.1, 0.15) is 16.4 Å². The Morgan fingerprint density at radius 2 is 2.16 bits per heavy atom. The van der Waals surface area contributed by atoms with Gasteiger partial charge in [-0.2, -0.15) is 4.37 Å². The summed E-state index contributed by atoms with van der Waals surface area (Å²) in [6.07, 6.45) is 0. The average molecular weight is 280 g/mol. The Labute approximate surface area is 111 Å². The number of rotatable bonds is 3. The first-order valence-corrected chi connectivity index (χ1v) is 6.03. The second kappa shape index (κ2) is 5.15. The molecular weight excluding hydrogens is 271 g/mol. The molecule has 2 aromatic rings. The van der Waals surface area contributed by atoms with Crippen LogP contribution in [-0.2, 0) is 0 Å². The summed E-state index contributed by atoms with van der Waals surface area (Å²) in [5.41, 5.74) is 0.393. The highest BCUT2D eigenvalue weighted by Crippen LogP contribution is 2.25. The Morgan fingerprint density at radius 1 is 1.42 bits per heavy atom. The Hall–Kier alpha value is -2.28. The molecule has 2 rings (SSSR count). The van der Waals surface area contributed by atoms with Gasteiger partial charge in [0.2, 0.25) is 0 Å². The van der Waals surface area contributed by atoms with E-state index in [0.717, 1.165) is 17.6 Å². The van der Waals surface area contributed by atoms with Gasteiger partial charge < -0.3 is 10.4 Å². The normalized spacial score (nSPS) is 10.2. The van der Waals surface area contributed by atoms with Gasteiger partial charge in [-0.1, -0.05) is 6.07 Å². The predicted octanol–water partition coefficient (Wildman–Crippen LogP) is 2.54. The summed E-state index contributed by atoms with van der Waals surface area (Å²) < 4.78 is 16.9. The molecule has 0 saturated carbocycles. The minimum absolute atomic E-state index is 0.0465. The zero-order valence-corrected chi connectivity index (χ0v) is 10.6. The maximum absolute atomic E-state index is 13.0. The number of aryl methyl sites for hydroxylation is 1. The lowest BCUT2D eigenvalue weighted by Crippen LogP contribution is -2.13. The van der Waals surface area contributed by atoms with Crippen LogP contribution in [0.3, 0.4) is 0 Å². The number of amides is 1.